The third kappa shape index (κ3) is 1.94. The van der Waals surface area contributed by atoms with Crippen molar-refractivity contribution in [1.29, 1.82) is 0 Å². The van der Waals surface area contributed by atoms with Crippen molar-refractivity contribution < 1.29 is 9.53 Å². The molecule has 0 aromatic heterocycles. The first-order valence-electron chi connectivity index (χ1n) is 5.24. The predicted molar refractivity (Wildman–Crippen MR) is 66.6 cm³/mol. The molecule has 0 spiro atoms. The summed E-state index contributed by atoms with van der Waals surface area (Å²) in [6, 6.07) is 6.02. The Hall–Kier alpha value is -1.03. The zero-order valence-electron chi connectivity index (χ0n) is 9.37. The summed E-state index contributed by atoms with van der Waals surface area (Å²) in [4.78, 5) is 13.5. The number of halogens is 1. The van der Waals surface area contributed by atoms with Crippen molar-refractivity contribution >= 4 is 27.6 Å². The summed E-state index contributed by atoms with van der Waals surface area (Å²) < 4.78 is 5.80. The van der Waals surface area contributed by atoms with Crippen molar-refractivity contribution in [3.05, 3.63) is 28.2 Å². The summed E-state index contributed by atoms with van der Waals surface area (Å²) >= 11 is 3.53. The Morgan fingerprint density at radius 1 is 1.56 bits per heavy atom. The first-order chi connectivity index (χ1) is 7.63. The molecule has 16 heavy (non-hydrogen) atoms. The average molecular weight is 284 g/mol. The Morgan fingerprint density at radius 2 is 2.31 bits per heavy atom. The molecule has 0 bridgehead atoms. The molecular weight excluding hydrogens is 270 g/mol. The number of rotatable bonds is 2. The summed E-state index contributed by atoms with van der Waals surface area (Å²) in [6.07, 6.45) is 0.868. The Morgan fingerprint density at radius 3 is 2.81 bits per heavy atom. The van der Waals surface area contributed by atoms with Crippen LogP contribution < -0.4 is 4.90 Å². The largest absolute Gasteiger partial charge is 0.467 e. The number of nitrogens with zero attached hydrogens (tertiary/aromatic N) is 1. The number of methoxy groups -OCH3 is 1. The minimum absolute atomic E-state index is 0.121. The quantitative estimate of drug-likeness (QED) is 0.781. The Bertz CT molecular complexity index is 419. The predicted octanol–water partition coefficient (Wildman–Crippen LogP) is 2.51. The molecule has 1 saturated heterocycles. The minimum Gasteiger partial charge on any atom is -0.467 e. The Labute approximate surface area is 104 Å². The number of carbonyl (C=O) groups is 1. The average Bonchev–Trinajstić information content (AvgIpc) is 2.20. The molecule has 0 amide bonds. The first-order valence-corrected chi connectivity index (χ1v) is 6.03. The van der Waals surface area contributed by atoms with Crippen molar-refractivity contribution in [1.82, 2.24) is 0 Å². The van der Waals surface area contributed by atoms with E-state index < -0.39 is 0 Å². The lowest BCUT2D eigenvalue weighted by Gasteiger charge is -2.41. The van der Waals surface area contributed by atoms with E-state index in [-0.39, 0.29) is 12.0 Å². The van der Waals surface area contributed by atoms with Gasteiger partial charge in [-0.25, -0.2) is 4.79 Å². The van der Waals surface area contributed by atoms with Gasteiger partial charge in [-0.1, -0.05) is 6.07 Å². The van der Waals surface area contributed by atoms with Crippen LogP contribution >= 0.6 is 15.9 Å². The van der Waals surface area contributed by atoms with Crippen molar-refractivity contribution in [2.45, 2.75) is 19.4 Å². The van der Waals surface area contributed by atoms with E-state index in [2.05, 4.69) is 26.9 Å². The lowest BCUT2D eigenvalue weighted by molar-refractivity contribution is -0.143. The second-order valence-electron chi connectivity index (χ2n) is 3.98. The maximum atomic E-state index is 11.5. The van der Waals surface area contributed by atoms with Gasteiger partial charge in [0.05, 0.1) is 12.8 Å². The molecule has 1 unspecified atom stereocenters. The molecule has 86 valence electrons. The standard InChI is InChI=1S/C12H14BrNO2/c1-8-3-4-10(9(13)7-8)14-6-5-11(14)12(15)16-2/h3-4,7,11H,5-6H2,1-2H3. The molecule has 1 fully saturated rings. The van der Waals surface area contributed by atoms with Gasteiger partial charge in [0.2, 0.25) is 0 Å². The summed E-state index contributed by atoms with van der Waals surface area (Å²) in [5, 5.41) is 0. The van der Waals surface area contributed by atoms with Crippen LogP contribution in [0.25, 0.3) is 0 Å². The van der Waals surface area contributed by atoms with Gasteiger partial charge in [0, 0.05) is 11.0 Å². The maximum Gasteiger partial charge on any atom is 0.328 e. The van der Waals surface area contributed by atoms with Crippen LogP contribution in [-0.2, 0) is 9.53 Å². The normalized spacial score (nSPS) is 19.2. The van der Waals surface area contributed by atoms with E-state index in [4.69, 9.17) is 4.74 Å². The van der Waals surface area contributed by atoms with Gasteiger partial charge in [-0.3, -0.25) is 0 Å². The smallest absolute Gasteiger partial charge is 0.328 e. The highest BCUT2D eigenvalue weighted by Gasteiger charge is 2.35. The van der Waals surface area contributed by atoms with Gasteiger partial charge < -0.3 is 9.64 Å². The number of aryl methyl sites for hydroxylation is 1. The van der Waals surface area contributed by atoms with E-state index in [0.717, 1.165) is 23.1 Å². The number of esters is 1. The summed E-state index contributed by atoms with van der Waals surface area (Å²) in [6.45, 7) is 2.95. The molecule has 3 nitrogen and oxygen atoms in total. The second kappa shape index (κ2) is 4.45. The van der Waals surface area contributed by atoms with E-state index in [1.54, 1.807) is 0 Å². The lowest BCUT2D eigenvalue weighted by atomic mass is 10.0. The summed E-state index contributed by atoms with van der Waals surface area (Å²) in [5.74, 6) is -0.154. The van der Waals surface area contributed by atoms with Crippen molar-refractivity contribution in [2.75, 3.05) is 18.6 Å². The molecule has 1 aliphatic rings. The highest BCUT2D eigenvalue weighted by molar-refractivity contribution is 9.10. The Balaban J connectivity index is 2.22. The Kier molecular flexibility index (Phi) is 3.19. The molecule has 1 atom stereocenters. The van der Waals surface area contributed by atoms with E-state index in [1.807, 2.05) is 19.1 Å². The van der Waals surface area contributed by atoms with Crippen LogP contribution in [0.3, 0.4) is 0 Å². The van der Waals surface area contributed by atoms with Crippen LogP contribution in [-0.4, -0.2) is 25.7 Å². The van der Waals surface area contributed by atoms with E-state index in [1.165, 1.54) is 12.7 Å². The van der Waals surface area contributed by atoms with Gasteiger partial charge in [-0.15, -0.1) is 0 Å². The molecule has 4 heteroatoms. The van der Waals surface area contributed by atoms with Crippen molar-refractivity contribution in [2.24, 2.45) is 0 Å². The van der Waals surface area contributed by atoms with Gasteiger partial charge in [0.15, 0.2) is 0 Å². The molecule has 1 aromatic rings. The maximum absolute atomic E-state index is 11.5. The molecule has 0 saturated carbocycles. The monoisotopic (exact) mass is 283 g/mol. The topological polar surface area (TPSA) is 29.5 Å². The fourth-order valence-corrected chi connectivity index (χ4v) is 2.62. The summed E-state index contributed by atoms with van der Waals surface area (Å²) in [7, 11) is 1.43. The van der Waals surface area contributed by atoms with Gasteiger partial charge in [-0.2, -0.15) is 0 Å². The molecule has 1 aromatic carbocycles. The third-order valence-corrected chi connectivity index (χ3v) is 3.54. The van der Waals surface area contributed by atoms with Crippen LogP contribution in [0.5, 0.6) is 0 Å². The van der Waals surface area contributed by atoms with Crippen molar-refractivity contribution in [3.8, 4) is 0 Å². The van der Waals surface area contributed by atoms with Gasteiger partial charge in [0.1, 0.15) is 6.04 Å². The minimum atomic E-state index is -0.154. The molecule has 0 radical (unpaired) electrons. The zero-order chi connectivity index (χ0) is 11.7. The molecule has 0 N–H and O–H groups in total. The van der Waals surface area contributed by atoms with Crippen LogP contribution in [0.2, 0.25) is 0 Å². The van der Waals surface area contributed by atoms with Gasteiger partial charge >= 0.3 is 5.97 Å². The van der Waals surface area contributed by atoms with E-state index >= 15 is 0 Å². The van der Waals surface area contributed by atoms with E-state index in [9.17, 15) is 4.79 Å². The fraction of sp³-hybridized carbons (Fsp3) is 0.417. The SMILES string of the molecule is COC(=O)C1CCN1c1ccc(C)cc1Br. The second-order valence-corrected chi connectivity index (χ2v) is 4.83. The summed E-state index contributed by atoms with van der Waals surface area (Å²) in [5.41, 5.74) is 2.26. The zero-order valence-corrected chi connectivity index (χ0v) is 11.0. The lowest BCUT2D eigenvalue weighted by Crippen LogP contribution is -2.53. The molecular formula is C12H14BrNO2. The molecule has 1 heterocycles. The van der Waals surface area contributed by atoms with Crippen LogP contribution in [0.15, 0.2) is 22.7 Å². The van der Waals surface area contributed by atoms with Crippen LogP contribution in [0, 0.1) is 6.92 Å². The van der Waals surface area contributed by atoms with Crippen LogP contribution in [0.4, 0.5) is 5.69 Å². The van der Waals surface area contributed by atoms with Crippen LogP contribution in [0.1, 0.15) is 12.0 Å². The molecule has 1 aliphatic heterocycles. The fourth-order valence-electron chi connectivity index (χ4n) is 1.90. The number of benzene rings is 1. The number of hydrogen-bond acceptors (Lipinski definition) is 3. The first kappa shape index (κ1) is 11.5. The highest BCUT2D eigenvalue weighted by atomic mass is 79.9. The molecule has 2 rings (SSSR count). The number of hydrogen-bond donors (Lipinski definition) is 0. The number of ether oxygens (including phenoxy) is 1. The van der Waals surface area contributed by atoms with Gasteiger partial charge in [0.25, 0.3) is 0 Å². The number of anilines is 1. The highest BCUT2D eigenvalue weighted by Crippen LogP contribution is 2.33. The van der Waals surface area contributed by atoms with E-state index in [0.29, 0.717) is 0 Å². The third-order valence-electron chi connectivity index (χ3n) is 2.91. The molecule has 0 aliphatic carbocycles. The number of carbonyl (C=O) groups excluding carboxylic acids is 1. The van der Waals surface area contributed by atoms with Gasteiger partial charge in [-0.05, 0) is 47.0 Å². The van der Waals surface area contributed by atoms with Crippen molar-refractivity contribution in [3.63, 3.8) is 0 Å².